The van der Waals surface area contributed by atoms with E-state index in [4.69, 9.17) is 12.2 Å². The van der Waals surface area contributed by atoms with Crippen LogP contribution in [0.2, 0.25) is 0 Å². The van der Waals surface area contributed by atoms with Gasteiger partial charge in [0.25, 0.3) is 5.56 Å². The minimum absolute atomic E-state index is 0.0238. The maximum absolute atomic E-state index is 13.3. The lowest BCUT2D eigenvalue weighted by Crippen LogP contribution is -2.51. The van der Waals surface area contributed by atoms with Gasteiger partial charge in [-0.15, -0.1) is 0 Å². The highest BCUT2D eigenvalue weighted by atomic mass is 32.1. The first-order valence-corrected chi connectivity index (χ1v) is 13.1. The quantitative estimate of drug-likeness (QED) is 0.532. The number of hydrogen-bond donors (Lipinski definition) is 1. The van der Waals surface area contributed by atoms with Crippen LogP contribution in [0.5, 0.6) is 0 Å². The molecule has 2 aromatic carbocycles. The van der Waals surface area contributed by atoms with Crippen LogP contribution in [-0.2, 0) is 11.3 Å². The topological polar surface area (TPSA) is 61.3 Å². The Hall–Kier alpha value is -2.93. The number of aromatic nitrogens is 2. The molecule has 3 aromatic rings. The van der Waals surface area contributed by atoms with Crippen molar-refractivity contribution in [3.63, 3.8) is 0 Å². The molecule has 1 N–H and O–H groups in total. The van der Waals surface area contributed by atoms with Gasteiger partial charge in [-0.05, 0) is 87.0 Å². The fraction of sp³-hybridized carbons (Fsp3) is 0.464. The molecule has 184 valence electrons. The van der Waals surface area contributed by atoms with E-state index in [0.717, 1.165) is 57.4 Å². The number of aryl methyl sites for hydroxylation is 1. The van der Waals surface area contributed by atoms with E-state index in [1.165, 1.54) is 16.8 Å². The van der Waals surface area contributed by atoms with E-state index in [2.05, 4.69) is 46.8 Å². The minimum Gasteiger partial charge on any atom is -0.368 e. The summed E-state index contributed by atoms with van der Waals surface area (Å²) in [6.07, 6.45) is 3.68. The Balaban J connectivity index is 1.17. The Kier molecular flexibility index (Phi) is 6.78. The highest BCUT2D eigenvalue weighted by Gasteiger charge is 2.31. The van der Waals surface area contributed by atoms with Crippen molar-refractivity contribution >= 4 is 34.7 Å². The number of para-hydroxylation sites is 1. The lowest BCUT2D eigenvalue weighted by molar-refractivity contribution is -0.137. The van der Waals surface area contributed by atoms with Crippen LogP contribution in [-0.4, -0.2) is 46.5 Å². The number of aromatic amines is 1. The molecule has 0 radical (unpaired) electrons. The van der Waals surface area contributed by atoms with Crippen molar-refractivity contribution in [3.8, 4) is 0 Å². The van der Waals surface area contributed by atoms with Gasteiger partial charge in [0.1, 0.15) is 0 Å². The Labute approximate surface area is 211 Å². The van der Waals surface area contributed by atoms with E-state index >= 15 is 0 Å². The smallest absolute Gasteiger partial charge is 0.262 e. The fourth-order valence-electron chi connectivity index (χ4n) is 5.72. The summed E-state index contributed by atoms with van der Waals surface area (Å²) in [5, 5.41) is 0.671. The first kappa shape index (κ1) is 23.8. The molecule has 7 heteroatoms. The monoisotopic (exact) mass is 490 g/mol. The first-order valence-electron chi connectivity index (χ1n) is 12.7. The maximum atomic E-state index is 13.3. The van der Waals surface area contributed by atoms with E-state index in [9.17, 15) is 9.59 Å². The predicted molar refractivity (Wildman–Crippen MR) is 144 cm³/mol. The van der Waals surface area contributed by atoms with Gasteiger partial charge in [-0.1, -0.05) is 24.3 Å². The van der Waals surface area contributed by atoms with Gasteiger partial charge >= 0.3 is 0 Å². The van der Waals surface area contributed by atoms with Gasteiger partial charge in [-0.25, -0.2) is 0 Å². The number of carbonyl (C=O) groups excluding carboxylic acids is 1. The number of nitrogens with zero attached hydrogens (tertiary/aromatic N) is 3. The minimum atomic E-state index is -0.0238. The largest absolute Gasteiger partial charge is 0.368 e. The molecular formula is C28H34N4O2S. The number of hydrogen-bond acceptors (Lipinski definition) is 4. The summed E-state index contributed by atoms with van der Waals surface area (Å²) in [5.74, 6) is 0.778. The number of rotatable bonds is 4. The summed E-state index contributed by atoms with van der Waals surface area (Å²) < 4.78 is 2.19. The predicted octanol–water partition coefficient (Wildman–Crippen LogP) is 4.83. The molecule has 0 atom stereocenters. The molecule has 1 aliphatic heterocycles. The summed E-state index contributed by atoms with van der Waals surface area (Å²) in [7, 11) is 0. The average molecular weight is 491 g/mol. The summed E-state index contributed by atoms with van der Waals surface area (Å²) in [6, 6.07) is 14.0. The molecule has 6 nitrogen and oxygen atoms in total. The summed E-state index contributed by atoms with van der Waals surface area (Å²) in [4.78, 5) is 33.9. The number of piperazine rings is 1. The number of nitrogens with one attached hydrogen (secondary N) is 1. The third kappa shape index (κ3) is 4.79. The lowest BCUT2D eigenvalue weighted by atomic mass is 9.81. The van der Waals surface area contributed by atoms with Crippen molar-refractivity contribution in [2.24, 2.45) is 11.8 Å². The molecule has 1 saturated carbocycles. The molecule has 0 spiro atoms. The molecule has 5 rings (SSSR count). The highest BCUT2D eigenvalue weighted by Crippen LogP contribution is 2.32. The van der Waals surface area contributed by atoms with Gasteiger partial charge in [-0.2, -0.15) is 0 Å². The molecule has 2 heterocycles. The number of H-pyrrole nitrogens is 1. The van der Waals surface area contributed by atoms with Crippen molar-refractivity contribution in [2.75, 3.05) is 31.1 Å². The standard InChI is InChI=1S/C28H34N4O2S/c1-19-6-5-9-25(20(19)2)30-14-16-31(17-15-30)26(33)22-12-10-21(11-13-22)18-32-27(34)23-7-3-4-8-24(23)29-28(32)35/h3-9,21-22H,10-18H2,1-2H3,(H,29,35). The number of benzene rings is 2. The zero-order valence-electron chi connectivity index (χ0n) is 20.6. The Bertz CT molecular complexity index is 1350. The van der Waals surface area contributed by atoms with Crippen molar-refractivity contribution in [1.82, 2.24) is 14.5 Å². The normalized spacial score (nSPS) is 20.9. The van der Waals surface area contributed by atoms with Crippen LogP contribution in [0.3, 0.4) is 0 Å². The van der Waals surface area contributed by atoms with E-state index < -0.39 is 0 Å². The van der Waals surface area contributed by atoms with Crippen LogP contribution in [0.1, 0.15) is 36.8 Å². The van der Waals surface area contributed by atoms with Crippen molar-refractivity contribution < 1.29 is 4.79 Å². The van der Waals surface area contributed by atoms with Crippen LogP contribution >= 0.6 is 12.2 Å². The van der Waals surface area contributed by atoms with Gasteiger partial charge in [-0.3, -0.25) is 14.2 Å². The second-order valence-corrected chi connectivity index (χ2v) is 10.5. The Morgan fingerprint density at radius 2 is 1.69 bits per heavy atom. The van der Waals surface area contributed by atoms with Gasteiger partial charge in [0.05, 0.1) is 10.9 Å². The molecule has 1 aliphatic carbocycles. The van der Waals surface area contributed by atoms with Gasteiger partial charge in [0.15, 0.2) is 4.77 Å². The molecule has 1 amide bonds. The molecule has 0 bridgehead atoms. The van der Waals surface area contributed by atoms with Gasteiger partial charge in [0.2, 0.25) is 5.91 Å². The lowest BCUT2D eigenvalue weighted by Gasteiger charge is -2.39. The van der Waals surface area contributed by atoms with Crippen LogP contribution in [0.25, 0.3) is 10.9 Å². The van der Waals surface area contributed by atoms with E-state index in [1.807, 2.05) is 24.3 Å². The van der Waals surface area contributed by atoms with Crippen molar-refractivity contribution in [3.05, 3.63) is 68.7 Å². The second-order valence-electron chi connectivity index (χ2n) is 10.1. The fourth-order valence-corrected chi connectivity index (χ4v) is 5.99. The first-order chi connectivity index (χ1) is 16.9. The molecule has 1 aromatic heterocycles. The van der Waals surface area contributed by atoms with Crippen LogP contribution in [0, 0.1) is 30.5 Å². The van der Waals surface area contributed by atoms with Crippen molar-refractivity contribution in [2.45, 2.75) is 46.1 Å². The Morgan fingerprint density at radius 3 is 2.43 bits per heavy atom. The van der Waals surface area contributed by atoms with E-state index in [0.29, 0.717) is 28.5 Å². The van der Waals surface area contributed by atoms with Crippen LogP contribution in [0.15, 0.2) is 47.3 Å². The Morgan fingerprint density at radius 1 is 0.971 bits per heavy atom. The summed E-state index contributed by atoms with van der Waals surface area (Å²) >= 11 is 5.49. The third-order valence-corrected chi connectivity index (χ3v) is 8.36. The summed E-state index contributed by atoms with van der Waals surface area (Å²) in [5.41, 5.74) is 4.69. The molecule has 1 saturated heterocycles. The highest BCUT2D eigenvalue weighted by molar-refractivity contribution is 7.71. The molecule has 35 heavy (non-hydrogen) atoms. The number of carbonyl (C=O) groups is 1. The number of amides is 1. The molecule has 2 aliphatic rings. The van der Waals surface area contributed by atoms with Gasteiger partial charge < -0.3 is 14.8 Å². The number of fused-ring (bicyclic) bond motifs is 1. The zero-order valence-corrected chi connectivity index (χ0v) is 21.4. The zero-order chi connectivity index (χ0) is 24.5. The van der Waals surface area contributed by atoms with Gasteiger partial charge in [0, 0.05) is 44.3 Å². The maximum Gasteiger partial charge on any atom is 0.262 e. The van der Waals surface area contributed by atoms with Crippen LogP contribution < -0.4 is 10.5 Å². The molecule has 0 unspecified atom stereocenters. The van der Waals surface area contributed by atoms with Crippen LogP contribution in [0.4, 0.5) is 5.69 Å². The number of anilines is 1. The van der Waals surface area contributed by atoms with Crippen molar-refractivity contribution in [1.29, 1.82) is 0 Å². The average Bonchev–Trinajstić information content (AvgIpc) is 2.88. The van der Waals surface area contributed by atoms with E-state index in [1.54, 1.807) is 4.57 Å². The van der Waals surface area contributed by atoms with E-state index in [-0.39, 0.29) is 11.5 Å². The third-order valence-electron chi connectivity index (χ3n) is 8.03. The second kappa shape index (κ2) is 9.97. The SMILES string of the molecule is Cc1cccc(N2CCN(C(=O)C3CCC(Cn4c(=S)[nH]c5ccccc5c4=O)CC3)CC2)c1C. The molecule has 2 fully saturated rings. The summed E-state index contributed by atoms with van der Waals surface area (Å²) in [6.45, 7) is 8.29. The molecular weight excluding hydrogens is 456 g/mol.